The molecule has 0 atom stereocenters. The summed E-state index contributed by atoms with van der Waals surface area (Å²) in [5, 5.41) is 2.77. The molecule has 3 aromatic rings. The summed E-state index contributed by atoms with van der Waals surface area (Å²) in [6.07, 6.45) is 65.3. The van der Waals surface area contributed by atoms with Crippen molar-refractivity contribution in [2.24, 2.45) is 0 Å². The topological polar surface area (TPSA) is 47.9 Å². The van der Waals surface area contributed by atoms with Crippen LogP contribution in [0.4, 0.5) is 0 Å². The number of unbranched alkanes of at least 4 members (excludes halogenated alkanes) is 45. The molecule has 440 valence electrons. The van der Waals surface area contributed by atoms with Gasteiger partial charge in [-0.3, -0.25) is 0 Å². The van der Waals surface area contributed by atoms with Gasteiger partial charge in [0.15, 0.2) is 0 Å². The summed E-state index contributed by atoms with van der Waals surface area (Å²) in [6.45, 7) is 9.01. The van der Waals surface area contributed by atoms with Crippen molar-refractivity contribution in [2.45, 2.75) is 329 Å². The predicted molar refractivity (Wildman–Crippen MR) is 341 cm³/mol. The molecule has 0 fully saturated rings. The van der Waals surface area contributed by atoms with Crippen LogP contribution in [0.5, 0.6) is 17.2 Å². The molecular formula is C72H124O4Si. The molecule has 3 rings (SSSR count). The van der Waals surface area contributed by atoms with E-state index in [0.29, 0.717) is 19.8 Å². The molecule has 0 heterocycles. The van der Waals surface area contributed by atoms with Crippen LogP contribution in [0.15, 0.2) is 72.8 Å². The highest BCUT2D eigenvalue weighted by molar-refractivity contribution is 7.06. The number of benzene rings is 3. The molecule has 0 radical (unpaired) electrons. The van der Waals surface area contributed by atoms with E-state index in [4.69, 9.17) is 14.2 Å². The zero-order valence-corrected chi connectivity index (χ0v) is 52.2. The molecule has 3 aromatic carbocycles. The molecule has 0 bridgehead atoms. The molecule has 0 unspecified atom stereocenters. The van der Waals surface area contributed by atoms with Gasteiger partial charge < -0.3 is 19.0 Å². The minimum absolute atomic E-state index is 0.702. The van der Waals surface area contributed by atoms with Crippen LogP contribution in [-0.2, 0) is 0 Å². The predicted octanol–water partition coefficient (Wildman–Crippen LogP) is 21.6. The lowest BCUT2D eigenvalue weighted by molar-refractivity contribution is 0.304. The van der Waals surface area contributed by atoms with Crippen LogP contribution in [0, 0.1) is 0 Å². The van der Waals surface area contributed by atoms with Crippen molar-refractivity contribution in [1.29, 1.82) is 0 Å². The van der Waals surface area contributed by atoms with Crippen LogP contribution in [0.2, 0.25) is 0 Å². The van der Waals surface area contributed by atoms with Crippen LogP contribution < -0.4 is 29.8 Å². The first-order valence-corrected chi connectivity index (χ1v) is 36.0. The van der Waals surface area contributed by atoms with Crippen molar-refractivity contribution < 1.29 is 19.0 Å². The van der Waals surface area contributed by atoms with Gasteiger partial charge in [0.2, 0.25) is 0 Å². The average Bonchev–Trinajstić information content (AvgIpc) is 3.47. The minimum Gasteiger partial charge on any atom is -0.494 e. The molecule has 0 aliphatic heterocycles. The lowest BCUT2D eigenvalue weighted by atomic mass is 10.0. The molecule has 77 heavy (non-hydrogen) atoms. The van der Waals surface area contributed by atoms with Crippen LogP contribution in [0.3, 0.4) is 0 Å². The SMILES string of the molecule is CCCCCCCCCCCCCCCCCCOc1cccc([Si](O)(c2cccc(OCCCCCCCCCCCCCCCCCC)c2)c2cccc(OCCCCCCCCCCCCCCCCCC)c2)c1. The van der Waals surface area contributed by atoms with Crippen LogP contribution in [-0.4, -0.2) is 32.9 Å². The van der Waals surface area contributed by atoms with Gasteiger partial charge >= 0.3 is 0 Å². The molecule has 0 amide bonds. The van der Waals surface area contributed by atoms with Gasteiger partial charge in [-0.1, -0.05) is 346 Å². The summed E-state index contributed by atoms with van der Waals surface area (Å²) >= 11 is 0. The maximum atomic E-state index is 13.3. The van der Waals surface area contributed by atoms with Gasteiger partial charge in [0.05, 0.1) is 19.8 Å². The summed E-state index contributed by atoms with van der Waals surface area (Å²) in [5.41, 5.74) is 0. The van der Waals surface area contributed by atoms with E-state index in [0.717, 1.165) is 52.1 Å². The highest BCUT2D eigenvalue weighted by atomic mass is 28.4. The molecule has 0 aliphatic rings. The molecule has 4 nitrogen and oxygen atoms in total. The lowest BCUT2D eigenvalue weighted by Crippen LogP contribution is -2.67. The molecule has 0 aromatic heterocycles. The third-order valence-electron chi connectivity index (χ3n) is 16.6. The fraction of sp³-hybridized carbons (Fsp3) is 0.750. The monoisotopic (exact) mass is 1080 g/mol. The van der Waals surface area contributed by atoms with E-state index in [9.17, 15) is 4.80 Å². The summed E-state index contributed by atoms with van der Waals surface area (Å²) in [7, 11) is -3.49. The third-order valence-corrected chi connectivity index (χ3v) is 20.0. The molecular weight excluding hydrogens is 957 g/mol. The Labute approximate surface area is 479 Å². The second-order valence-corrected chi connectivity index (χ2v) is 26.9. The fourth-order valence-electron chi connectivity index (χ4n) is 11.5. The number of rotatable bonds is 57. The van der Waals surface area contributed by atoms with E-state index in [-0.39, 0.29) is 0 Å². The first-order valence-electron chi connectivity index (χ1n) is 34.0. The smallest absolute Gasteiger partial charge is 0.286 e. The fourth-order valence-corrected chi connectivity index (χ4v) is 14.5. The van der Waals surface area contributed by atoms with E-state index >= 15 is 0 Å². The maximum absolute atomic E-state index is 13.3. The third kappa shape index (κ3) is 35.6. The maximum Gasteiger partial charge on any atom is 0.286 e. The van der Waals surface area contributed by atoms with E-state index in [2.05, 4.69) is 93.6 Å². The lowest BCUT2D eigenvalue weighted by Gasteiger charge is -2.28. The van der Waals surface area contributed by atoms with Crippen molar-refractivity contribution in [3.8, 4) is 17.2 Å². The number of hydrogen-bond acceptors (Lipinski definition) is 4. The highest BCUT2D eigenvalue weighted by Gasteiger charge is 2.39. The second kappa shape index (κ2) is 50.2. The minimum atomic E-state index is -3.49. The summed E-state index contributed by atoms with van der Waals surface area (Å²) in [5.74, 6) is 2.50. The molecule has 1 N–H and O–H groups in total. The quantitative estimate of drug-likeness (QED) is 0.0348. The van der Waals surface area contributed by atoms with Gasteiger partial charge in [-0.25, -0.2) is 0 Å². The summed E-state index contributed by atoms with van der Waals surface area (Å²) in [4.78, 5) is 13.3. The van der Waals surface area contributed by atoms with E-state index < -0.39 is 8.32 Å². The van der Waals surface area contributed by atoms with Crippen molar-refractivity contribution in [3.05, 3.63) is 72.8 Å². The standard InChI is InChI=1S/C72H124O4Si/c1-4-7-10-13-16-19-22-25-28-31-34-37-40-43-46-49-61-74-67-55-52-58-70(64-67)77(73,71-59-53-56-68(65-71)75-62-50-47-44-41-38-35-32-29-26-23-20-17-14-11-8-5-2)72-60-54-57-69(66-72)76-63-51-48-45-42-39-36-33-30-27-24-21-18-15-12-9-6-3/h52-60,64-66,73H,4-51,61-63H2,1-3H3. The first kappa shape index (κ1) is 68.5. The number of ether oxygens (including phenoxy) is 3. The van der Waals surface area contributed by atoms with Crippen molar-refractivity contribution in [1.82, 2.24) is 0 Å². The van der Waals surface area contributed by atoms with Gasteiger partial charge in [0, 0.05) is 0 Å². The Balaban J connectivity index is 1.47. The summed E-state index contributed by atoms with van der Waals surface area (Å²) < 4.78 is 19.3. The Bertz CT molecular complexity index is 1530. The van der Waals surface area contributed by atoms with E-state index in [1.54, 1.807) is 0 Å². The summed E-state index contributed by atoms with van der Waals surface area (Å²) in [6, 6.07) is 25.0. The zero-order valence-electron chi connectivity index (χ0n) is 51.2. The average molecular weight is 1080 g/mol. The van der Waals surface area contributed by atoms with Crippen LogP contribution in [0.1, 0.15) is 329 Å². The van der Waals surface area contributed by atoms with Gasteiger partial charge in [0.25, 0.3) is 8.32 Å². The van der Waals surface area contributed by atoms with Gasteiger partial charge in [-0.15, -0.1) is 0 Å². The number of hydrogen-bond donors (Lipinski definition) is 1. The molecule has 0 saturated carbocycles. The zero-order chi connectivity index (χ0) is 54.6. The van der Waals surface area contributed by atoms with Crippen LogP contribution in [0.25, 0.3) is 0 Å². The Morgan fingerprint density at radius 3 is 0.597 bits per heavy atom. The van der Waals surface area contributed by atoms with E-state index in [1.165, 1.54) is 289 Å². The largest absolute Gasteiger partial charge is 0.494 e. The van der Waals surface area contributed by atoms with Crippen LogP contribution >= 0.6 is 0 Å². The Hall–Kier alpha value is -2.76. The van der Waals surface area contributed by atoms with E-state index in [1.807, 2.05) is 0 Å². The first-order chi connectivity index (χ1) is 38.1. The Kier molecular flexibility index (Phi) is 44.7. The Morgan fingerprint density at radius 2 is 0.416 bits per heavy atom. The van der Waals surface area contributed by atoms with Crippen molar-refractivity contribution in [2.75, 3.05) is 19.8 Å². The van der Waals surface area contributed by atoms with Gasteiger partial charge in [-0.2, -0.15) is 0 Å². The van der Waals surface area contributed by atoms with Crippen molar-refractivity contribution in [3.63, 3.8) is 0 Å². The molecule has 0 saturated heterocycles. The van der Waals surface area contributed by atoms with Crippen molar-refractivity contribution >= 4 is 23.9 Å². The molecule has 5 heteroatoms. The Morgan fingerprint density at radius 1 is 0.247 bits per heavy atom. The molecule has 0 aliphatic carbocycles. The normalized spacial score (nSPS) is 11.7. The molecule has 0 spiro atoms. The second-order valence-electron chi connectivity index (χ2n) is 23.7. The van der Waals surface area contributed by atoms with Gasteiger partial charge in [-0.05, 0) is 71.2 Å². The van der Waals surface area contributed by atoms with Gasteiger partial charge in [0.1, 0.15) is 17.2 Å². The highest BCUT2D eigenvalue weighted by Crippen LogP contribution is 2.21.